The number of nitrogens with one attached hydrogen (secondary N) is 2. The van der Waals surface area contributed by atoms with Crippen LogP contribution in [0.15, 0.2) is 85.2 Å². The van der Waals surface area contributed by atoms with Crippen LogP contribution in [0.3, 0.4) is 0 Å². The van der Waals surface area contributed by atoms with Gasteiger partial charge in [0.25, 0.3) is 5.91 Å². The van der Waals surface area contributed by atoms with E-state index < -0.39 is 0 Å². The summed E-state index contributed by atoms with van der Waals surface area (Å²) in [4.78, 5) is 20.8. The summed E-state index contributed by atoms with van der Waals surface area (Å²) in [6, 6.07) is 23.8. The second-order valence-electron chi connectivity index (χ2n) is 10.6. The molecule has 0 bridgehead atoms. The normalized spacial score (nSPS) is 14.0. The molecule has 1 saturated heterocycles. The summed E-state index contributed by atoms with van der Waals surface area (Å²) in [6.45, 7) is 4.97. The van der Waals surface area contributed by atoms with Crippen LogP contribution in [0, 0.1) is 0 Å². The van der Waals surface area contributed by atoms with Crippen LogP contribution in [0.5, 0.6) is 0 Å². The number of benzene rings is 3. The van der Waals surface area contributed by atoms with Gasteiger partial charge in [-0.25, -0.2) is 4.98 Å². The fourth-order valence-electron chi connectivity index (χ4n) is 5.38. The lowest BCUT2D eigenvalue weighted by atomic mass is 10.0. The first-order valence-corrected chi connectivity index (χ1v) is 14.5. The molecule has 0 spiro atoms. The van der Waals surface area contributed by atoms with Gasteiger partial charge >= 0.3 is 0 Å². The molecular weight excluding hydrogens is 512 g/mol. The number of unbranched alkanes of at least 4 members (excludes halogenated alkanes) is 3. The number of carbonyl (C=O) groups excluding carboxylic acids is 1. The first-order valence-electron chi connectivity index (χ1n) is 14.5. The third-order valence-corrected chi connectivity index (χ3v) is 7.67. The number of nitrogens with zero attached hydrogens (tertiary/aromatic N) is 4. The van der Waals surface area contributed by atoms with E-state index in [-0.39, 0.29) is 5.91 Å². The van der Waals surface area contributed by atoms with Crippen molar-refractivity contribution in [2.24, 2.45) is 0 Å². The zero-order valence-electron chi connectivity index (χ0n) is 23.3. The average molecular weight is 549 g/mol. The maximum absolute atomic E-state index is 13.4. The second kappa shape index (κ2) is 12.9. The van der Waals surface area contributed by atoms with Gasteiger partial charge in [-0.1, -0.05) is 49.2 Å². The zero-order chi connectivity index (χ0) is 27.9. The molecule has 2 N–H and O–H groups in total. The van der Waals surface area contributed by atoms with Crippen molar-refractivity contribution in [3.05, 3.63) is 96.4 Å². The van der Waals surface area contributed by atoms with E-state index in [9.17, 15) is 4.79 Å². The van der Waals surface area contributed by atoms with Crippen molar-refractivity contribution in [1.82, 2.24) is 24.6 Å². The van der Waals surface area contributed by atoms with Crippen LogP contribution in [0.2, 0.25) is 0 Å². The molecule has 3 aromatic carbocycles. The quantitative estimate of drug-likeness (QED) is 0.195. The van der Waals surface area contributed by atoms with Crippen molar-refractivity contribution in [3.63, 3.8) is 0 Å². The minimum Gasteiger partial charge on any atom is -0.379 e. The molecule has 5 aromatic rings. The molecule has 1 fully saturated rings. The maximum Gasteiger partial charge on any atom is 0.258 e. The van der Waals surface area contributed by atoms with Gasteiger partial charge in [-0.3, -0.25) is 24.7 Å². The number of H-pyrrole nitrogens is 1. The van der Waals surface area contributed by atoms with Crippen LogP contribution in [-0.4, -0.2) is 63.4 Å². The number of ether oxygens (including phenoxy) is 1. The van der Waals surface area contributed by atoms with Gasteiger partial charge in [0.05, 0.1) is 30.6 Å². The number of carbonyl (C=O) groups is 1. The smallest absolute Gasteiger partial charge is 0.258 e. The molecule has 1 aliphatic rings. The molecule has 2 aromatic heterocycles. The number of aromatic nitrogens is 4. The Balaban J connectivity index is 1.12. The Kier molecular flexibility index (Phi) is 8.49. The van der Waals surface area contributed by atoms with E-state index in [0.29, 0.717) is 11.5 Å². The van der Waals surface area contributed by atoms with E-state index >= 15 is 0 Å². The number of hydrogen-bond acceptors (Lipinski definition) is 5. The number of aromatic amines is 1. The summed E-state index contributed by atoms with van der Waals surface area (Å²) in [5.41, 5.74) is 5.53. The van der Waals surface area contributed by atoms with Crippen LogP contribution < -0.4 is 5.32 Å². The van der Waals surface area contributed by atoms with E-state index in [1.165, 1.54) is 19.3 Å². The second-order valence-corrected chi connectivity index (χ2v) is 10.6. The molecule has 0 aliphatic carbocycles. The molecule has 8 heteroatoms. The van der Waals surface area contributed by atoms with E-state index in [1.54, 1.807) is 0 Å². The summed E-state index contributed by atoms with van der Waals surface area (Å²) in [5.74, 6) is 0.349. The lowest BCUT2D eigenvalue weighted by Gasteiger charge is -2.26. The van der Waals surface area contributed by atoms with Gasteiger partial charge in [0.15, 0.2) is 0 Å². The topological polar surface area (TPSA) is 88.1 Å². The summed E-state index contributed by atoms with van der Waals surface area (Å²) in [5, 5.41) is 11.2. The Morgan fingerprint density at radius 3 is 2.61 bits per heavy atom. The lowest BCUT2D eigenvalue weighted by molar-refractivity contribution is 0.0371. The fraction of sp³-hybridized carbons (Fsp3) is 0.303. The molecule has 210 valence electrons. The maximum atomic E-state index is 13.4. The predicted molar refractivity (Wildman–Crippen MR) is 162 cm³/mol. The Hall–Kier alpha value is -4.27. The summed E-state index contributed by atoms with van der Waals surface area (Å²) in [7, 11) is 0. The number of hydrogen-bond donors (Lipinski definition) is 2. The zero-order valence-corrected chi connectivity index (χ0v) is 23.3. The third-order valence-electron chi connectivity index (χ3n) is 7.67. The van der Waals surface area contributed by atoms with Crippen molar-refractivity contribution in [1.29, 1.82) is 0 Å². The molecule has 0 saturated carbocycles. The van der Waals surface area contributed by atoms with Gasteiger partial charge < -0.3 is 4.74 Å². The SMILES string of the molecule is O=C(Nc1nc(CCCCCCN2CCOCC2)cn1-c1ccccc1)c1cccc(-c2ccc3[nH]ncc3c2)c1. The molecule has 6 rings (SSSR count). The van der Waals surface area contributed by atoms with Crippen LogP contribution in [0.1, 0.15) is 41.7 Å². The van der Waals surface area contributed by atoms with E-state index in [4.69, 9.17) is 9.72 Å². The van der Waals surface area contributed by atoms with Crippen LogP contribution in [0.4, 0.5) is 5.95 Å². The van der Waals surface area contributed by atoms with Gasteiger partial charge in [0, 0.05) is 35.9 Å². The minimum atomic E-state index is -0.186. The first kappa shape index (κ1) is 26.9. The van der Waals surface area contributed by atoms with Crippen LogP contribution in [-0.2, 0) is 11.2 Å². The molecule has 3 heterocycles. The highest BCUT2D eigenvalue weighted by Crippen LogP contribution is 2.25. The molecule has 0 radical (unpaired) electrons. The van der Waals surface area contributed by atoms with E-state index in [2.05, 4.69) is 32.7 Å². The largest absolute Gasteiger partial charge is 0.379 e. The minimum absolute atomic E-state index is 0.186. The van der Waals surface area contributed by atoms with E-state index in [1.807, 2.05) is 77.5 Å². The molecule has 41 heavy (non-hydrogen) atoms. The highest BCUT2D eigenvalue weighted by Gasteiger charge is 2.15. The van der Waals surface area contributed by atoms with Gasteiger partial charge in [0.1, 0.15) is 0 Å². The van der Waals surface area contributed by atoms with Crippen molar-refractivity contribution in [3.8, 4) is 16.8 Å². The number of para-hydroxylation sites is 1. The summed E-state index contributed by atoms with van der Waals surface area (Å²) >= 11 is 0. The highest BCUT2D eigenvalue weighted by atomic mass is 16.5. The predicted octanol–water partition coefficient (Wildman–Crippen LogP) is 6.10. The van der Waals surface area contributed by atoms with Gasteiger partial charge in [0.2, 0.25) is 5.95 Å². The van der Waals surface area contributed by atoms with Gasteiger partial charge in [-0.2, -0.15) is 5.10 Å². The van der Waals surface area contributed by atoms with Crippen molar-refractivity contribution < 1.29 is 9.53 Å². The summed E-state index contributed by atoms with van der Waals surface area (Å²) < 4.78 is 7.41. The molecular formula is C33H36N6O2. The number of rotatable bonds is 11. The molecule has 8 nitrogen and oxygen atoms in total. The number of morpholine rings is 1. The molecule has 0 atom stereocenters. The van der Waals surface area contributed by atoms with Crippen molar-refractivity contribution in [2.75, 3.05) is 38.2 Å². The summed E-state index contributed by atoms with van der Waals surface area (Å²) in [6.07, 6.45) is 9.41. The molecule has 0 unspecified atom stereocenters. The van der Waals surface area contributed by atoms with E-state index in [0.717, 1.165) is 79.1 Å². The van der Waals surface area contributed by atoms with Crippen molar-refractivity contribution in [2.45, 2.75) is 32.1 Å². The van der Waals surface area contributed by atoms with Crippen LogP contribution in [0.25, 0.3) is 27.7 Å². The standard InChI is InChI=1S/C33H36N6O2/c40-32(27-10-8-9-25(21-27)26-14-15-31-28(22-26)23-34-37-31)36-33-35-29(24-39(33)30-12-5-3-6-13-30)11-4-1-2-7-16-38-17-19-41-20-18-38/h3,5-6,8-10,12-15,21-24H,1-2,4,7,11,16-20H2,(H,34,37)(H,35,36,40). The fourth-order valence-corrected chi connectivity index (χ4v) is 5.38. The first-order chi connectivity index (χ1) is 20.2. The number of aryl methyl sites for hydroxylation is 1. The Bertz CT molecular complexity index is 1590. The third kappa shape index (κ3) is 6.73. The number of amides is 1. The highest BCUT2D eigenvalue weighted by molar-refractivity contribution is 6.04. The number of anilines is 1. The Morgan fingerprint density at radius 1 is 0.902 bits per heavy atom. The molecule has 1 amide bonds. The average Bonchev–Trinajstić information content (AvgIpc) is 3.66. The Morgan fingerprint density at radius 2 is 1.73 bits per heavy atom. The van der Waals surface area contributed by atoms with Crippen molar-refractivity contribution >= 4 is 22.8 Å². The number of imidazole rings is 1. The monoisotopic (exact) mass is 548 g/mol. The van der Waals surface area contributed by atoms with Gasteiger partial charge in [-0.15, -0.1) is 0 Å². The Labute approximate surface area is 240 Å². The van der Waals surface area contributed by atoms with Gasteiger partial charge in [-0.05, 0) is 73.3 Å². The number of fused-ring (bicyclic) bond motifs is 1. The molecule has 1 aliphatic heterocycles. The lowest BCUT2D eigenvalue weighted by Crippen LogP contribution is -2.36. The van der Waals surface area contributed by atoms with Crippen LogP contribution >= 0.6 is 0 Å².